The van der Waals surface area contributed by atoms with Crippen LogP contribution in [0.15, 0.2) is 35.7 Å². The second-order valence-electron chi connectivity index (χ2n) is 5.08. The number of aromatic nitrogens is 3. The number of hydrogen-bond donors (Lipinski definition) is 1. The van der Waals surface area contributed by atoms with E-state index in [9.17, 15) is 12.8 Å². The van der Waals surface area contributed by atoms with Gasteiger partial charge >= 0.3 is 0 Å². The number of halogens is 1. The van der Waals surface area contributed by atoms with E-state index in [1.807, 2.05) is 4.90 Å². The molecular weight excluding hydrogens is 309 g/mol. The van der Waals surface area contributed by atoms with Gasteiger partial charge in [-0.15, -0.1) is 0 Å². The number of nitrogens with zero attached hydrogens (tertiary/aromatic N) is 4. The minimum Gasteiger partial charge on any atom is -0.367 e. The molecule has 0 spiro atoms. The molecule has 1 aliphatic heterocycles. The van der Waals surface area contributed by atoms with Crippen LogP contribution in [0.2, 0.25) is 0 Å². The Hall–Kier alpha value is -2.00. The van der Waals surface area contributed by atoms with Crippen molar-refractivity contribution in [3.05, 3.63) is 36.7 Å². The summed E-state index contributed by atoms with van der Waals surface area (Å²) in [6.07, 6.45) is 3.95. The van der Waals surface area contributed by atoms with Crippen LogP contribution in [0, 0.1) is 5.82 Å². The van der Waals surface area contributed by atoms with Gasteiger partial charge in [-0.3, -0.25) is 0 Å². The zero-order valence-corrected chi connectivity index (χ0v) is 12.8. The molecule has 1 fully saturated rings. The molecule has 0 aliphatic carbocycles. The molecule has 0 amide bonds. The molecule has 22 heavy (non-hydrogen) atoms. The third-order valence-electron chi connectivity index (χ3n) is 3.81. The van der Waals surface area contributed by atoms with Crippen molar-refractivity contribution in [1.29, 1.82) is 0 Å². The Morgan fingerprint density at radius 3 is 2.86 bits per heavy atom. The number of hydrogen-bond acceptors (Lipinski definition) is 5. The van der Waals surface area contributed by atoms with E-state index in [0.29, 0.717) is 18.8 Å². The molecule has 9 heteroatoms. The Kier molecular flexibility index (Phi) is 3.83. The van der Waals surface area contributed by atoms with Crippen LogP contribution < -0.4 is 9.62 Å². The highest BCUT2D eigenvalue weighted by atomic mass is 32.2. The number of sulfonamides is 1. The largest absolute Gasteiger partial charge is 0.367 e. The fourth-order valence-corrected chi connectivity index (χ4v) is 3.35. The molecule has 3 rings (SSSR count). The predicted octanol–water partition coefficient (Wildman–Crippen LogP) is 0.777. The summed E-state index contributed by atoms with van der Waals surface area (Å²) < 4.78 is 41.6. The standard InChI is InChI=1S/C13H16FN5O2S/c1-15-22(20,21)11-2-3-13(12(14)6-11)18-5-4-10(7-18)19-9-16-8-17-19/h2-3,6,8-10,15H,4-5,7H2,1H3. The molecule has 1 unspecified atom stereocenters. The Labute approximate surface area is 127 Å². The minimum atomic E-state index is -3.64. The summed E-state index contributed by atoms with van der Waals surface area (Å²) in [6, 6.07) is 4.10. The van der Waals surface area contributed by atoms with E-state index in [4.69, 9.17) is 0 Å². The lowest BCUT2D eigenvalue weighted by molar-refractivity contribution is 0.493. The minimum absolute atomic E-state index is 0.0803. The quantitative estimate of drug-likeness (QED) is 0.898. The number of nitrogens with one attached hydrogen (secondary N) is 1. The fourth-order valence-electron chi connectivity index (χ4n) is 2.61. The van der Waals surface area contributed by atoms with E-state index in [0.717, 1.165) is 12.5 Å². The van der Waals surface area contributed by atoms with Gasteiger partial charge in [0.15, 0.2) is 0 Å². The molecule has 0 bridgehead atoms. The Morgan fingerprint density at radius 1 is 1.41 bits per heavy atom. The van der Waals surface area contributed by atoms with Crippen molar-refractivity contribution >= 4 is 15.7 Å². The monoisotopic (exact) mass is 325 g/mol. The van der Waals surface area contributed by atoms with Crippen LogP contribution in [0.1, 0.15) is 12.5 Å². The van der Waals surface area contributed by atoms with Crippen molar-refractivity contribution in [2.45, 2.75) is 17.4 Å². The van der Waals surface area contributed by atoms with Crippen molar-refractivity contribution in [3.63, 3.8) is 0 Å². The van der Waals surface area contributed by atoms with Crippen LogP contribution in [0.5, 0.6) is 0 Å². The van der Waals surface area contributed by atoms with E-state index in [2.05, 4.69) is 14.8 Å². The molecule has 1 saturated heterocycles. The fraction of sp³-hybridized carbons (Fsp3) is 0.385. The van der Waals surface area contributed by atoms with Crippen molar-refractivity contribution in [1.82, 2.24) is 19.5 Å². The van der Waals surface area contributed by atoms with E-state index in [1.165, 1.54) is 25.5 Å². The molecule has 1 atom stereocenters. The molecule has 1 aromatic carbocycles. The molecule has 0 radical (unpaired) electrons. The first-order chi connectivity index (χ1) is 10.5. The third-order valence-corrected chi connectivity index (χ3v) is 5.22. The van der Waals surface area contributed by atoms with Gasteiger partial charge in [0.05, 0.1) is 16.6 Å². The normalized spacial score (nSPS) is 18.8. The van der Waals surface area contributed by atoms with Crippen molar-refractivity contribution in [2.24, 2.45) is 0 Å². The number of benzene rings is 1. The summed E-state index contributed by atoms with van der Waals surface area (Å²) in [7, 11) is -2.34. The van der Waals surface area contributed by atoms with Gasteiger partial charge in [-0.25, -0.2) is 27.2 Å². The highest BCUT2D eigenvalue weighted by molar-refractivity contribution is 7.89. The lowest BCUT2D eigenvalue weighted by Gasteiger charge is -2.19. The Morgan fingerprint density at radius 2 is 2.23 bits per heavy atom. The first kappa shape index (κ1) is 14.9. The van der Waals surface area contributed by atoms with E-state index in [1.54, 1.807) is 11.0 Å². The first-order valence-electron chi connectivity index (χ1n) is 6.83. The van der Waals surface area contributed by atoms with E-state index in [-0.39, 0.29) is 10.9 Å². The smallest absolute Gasteiger partial charge is 0.240 e. The van der Waals surface area contributed by atoms with Crippen molar-refractivity contribution in [2.75, 3.05) is 25.0 Å². The second-order valence-corrected chi connectivity index (χ2v) is 6.97. The average molecular weight is 325 g/mol. The molecular formula is C13H16FN5O2S. The van der Waals surface area contributed by atoms with Gasteiger partial charge in [0.1, 0.15) is 18.5 Å². The molecule has 1 aromatic heterocycles. The lowest BCUT2D eigenvalue weighted by Crippen LogP contribution is -2.23. The zero-order chi connectivity index (χ0) is 15.7. The van der Waals surface area contributed by atoms with Gasteiger partial charge in [0.25, 0.3) is 0 Å². The number of rotatable bonds is 4. The highest BCUT2D eigenvalue weighted by Crippen LogP contribution is 2.29. The number of anilines is 1. The first-order valence-corrected chi connectivity index (χ1v) is 8.32. The van der Waals surface area contributed by atoms with Gasteiger partial charge < -0.3 is 4.90 Å². The summed E-state index contributed by atoms with van der Waals surface area (Å²) in [5, 5.41) is 4.10. The maximum Gasteiger partial charge on any atom is 0.240 e. The van der Waals surface area contributed by atoms with Crippen molar-refractivity contribution < 1.29 is 12.8 Å². The summed E-state index contributed by atoms with van der Waals surface area (Å²) >= 11 is 0. The van der Waals surface area contributed by atoms with Crippen LogP contribution in [0.25, 0.3) is 0 Å². The molecule has 1 aliphatic rings. The van der Waals surface area contributed by atoms with Gasteiger partial charge in [-0.05, 0) is 31.7 Å². The predicted molar refractivity (Wildman–Crippen MR) is 78.5 cm³/mol. The Bertz CT molecular complexity index is 763. The van der Waals surface area contributed by atoms with Crippen LogP contribution in [0.4, 0.5) is 10.1 Å². The molecule has 1 N–H and O–H groups in total. The van der Waals surface area contributed by atoms with Crippen LogP contribution in [-0.4, -0.2) is 43.3 Å². The maximum absolute atomic E-state index is 14.3. The maximum atomic E-state index is 14.3. The summed E-state index contributed by atoms with van der Waals surface area (Å²) in [6.45, 7) is 1.29. The lowest BCUT2D eigenvalue weighted by atomic mass is 10.2. The van der Waals surface area contributed by atoms with Crippen LogP contribution in [0.3, 0.4) is 0 Å². The molecule has 0 saturated carbocycles. The van der Waals surface area contributed by atoms with Crippen LogP contribution >= 0.6 is 0 Å². The molecule has 2 heterocycles. The summed E-state index contributed by atoms with van der Waals surface area (Å²) in [4.78, 5) is 5.72. The third kappa shape index (κ3) is 2.69. The molecule has 2 aromatic rings. The zero-order valence-electron chi connectivity index (χ0n) is 12.0. The molecule has 7 nitrogen and oxygen atoms in total. The SMILES string of the molecule is CNS(=O)(=O)c1ccc(N2CCC(n3cncn3)C2)c(F)c1. The second kappa shape index (κ2) is 5.65. The summed E-state index contributed by atoms with van der Waals surface area (Å²) in [5.41, 5.74) is 0.401. The van der Waals surface area contributed by atoms with Crippen LogP contribution in [-0.2, 0) is 10.0 Å². The van der Waals surface area contributed by atoms with Gasteiger partial charge in [-0.2, -0.15) is 5.10 Å². The Balaban J connectivity index is 1.82. The van der Waals surface area contributed by atoms with Gasteiger partial charge in [0.2, 0.25) is 10.0 Å². The van der Waals surface area contributed by atoms with Gasteiger partial charge in [-0.1, -0.05) is 0 Å². The average Bonchev–Trinajstić information content (AvgIpc) is 3.18. The topological polar surface area (TPSA) is 80.1 Å². The highest BCUT2D eigenvalue weighted by Gasteiger charge is 2.27. The van der Waals surface area contributed by atoms with Crippen molar-refractivity contribution in [3.8, 4) is 0 Å². The van der Waals surface area contributed by atoms with Gasteiger partial charge in [0, 0.05) is 13.1 Å². The summed E-state index contributed by atoms with van der Waals surface area (Å²) in [5.74, 6) is -0.546. The van der Waals surface area contributed by atoms with E-state index < -0.39 is 15.8 Å². The molecule has 118 valence electrons. The van der Waals surface area contributed by atoms with E-state index >= 15 is 0 Å².